The number of carbonyl (C=O) groups is 2. The van der Waals surface area contributed by atoms with Gasteiger partial charge in [-0.3, -0.25) is 9.59 Å². The van der Waals surface area contributed by atoms with Crippen LogP contribution in [-0.4, -0.2) is 23.5 Å². The van der Waals surface area contributed by atoms with Crippen LogP contribution in [0.3, 0.4) is 0 Å². The second kappa shape index (κ2) is 6.71. The Hall–Kier alpha value is -2.60. The predicted molar refractivity (Wildman–Crippen MR) is 76.5 cm³/mol. The highest BCUT2D eigenvalue weighted by atomic mass is 16.3. The number of aliphatic hydroxyl groups excluding tert-OH is 1. The van der Waals surface area contributed by atoms with Gasteiger partial charge in [0.1, 0.15) is 0 Å². The first kappa shape index (κ1) is 14.8. The Balaban J connectivity index is 1.84. The van der Waals surface area contributed by atoms with Gasteiger partial charge in [0, 0.05) is 17.8 Å². The van der Waals surface area contributed by atoms with Crippen molar-refractivity contribution in [1.82, 2.24) is 5.32 Å². The molecule has 0 saturated carbocycles. The molecule has 0 saturated heterocycles. The third-order valence-electron chi connectivity index (χ3n) is 2.87. The largest absolute Gasteiger partial charge is 0.472 e. The molecule has 2 amide bonds. The van der Waals surface area contributed by atoms with Crippen molar-refractivity contribution in [2.45, 2.75) is 13.0 Å². The molecule has 6 heteroatoms. The van der Waals surface area contributed by atoms with Gasteiger partial charge in [-0.1, -0.05) is 12.1 Å². The van der Waals surface area contributed by atoms with Crippen molar-refractivity contribution in [3.8, 4) is 0 Å². The van der Waals surface area contributed by atoms with Crippen molar-refractivity contribution in [1.29, 1.82) is 0 Å². The molecule has 0 radical (unpaired) electrons. The van der Waals surface area contributed by atoms with E-state index in [4.69, 9.17) is 4.42 Å². The van der Waals surface area contributed by atoms with Crippen LogP contribution in [0.2, 0.25) is 0 Å². The van der Waals surface area contributed by atoms with Crippen LogP contribution in [-0.2, 0) is 9.59 Å². The number of anilines is 1. The topological polar surface area (TPSA) is 91.6 Å². The average molecular weight is 288 g/mol. The summed E-state index contributed by atoms with van der Waals surface area (Å²) in [4.78, 5) is 23.3. The molecule has 1 aromatic carbocycles. The molecule has 0 fully saturated rings. The van der Waals surface area contributed by atoms with Crippen molar-refractivity contribution in [2.75, 3.05) is 11.9 Å². The quantitative estimate of drug-likeness (QED) is 0.741. The summed E-state index contributed by atoms with van der Waals surface area (Å²) in [6.07, 6.45) is 1.88. The normalized spacial score (nSPS) is 11.7. The zero-order chi connectivity index (χ0) is 15.2. The summed E-state index contributed by atoms with van der Waals surface area (Å²) < 4.78 is 4.83. The molecule has 0 aliphatic rings. The Labute approximate surface area is 121 Å². The first-order valence-electron chi connectivity index (χ1n) is 6.42. The van der Waals surface area contributed by atoms with Gasteiger partial charge >= 0.3 is 11.8 Å². The molecule has 3 N–H and O–H groups in total. The highest BCUT2D eigenvalue weighted by Gasteiger charge is 2.16. The molecule has 1 aromatic heterocycles. The minimum Gasteiger partial charge on any atom is -0.472 e. The average Bonchev–Trinajstić information content (AvgIpc) is 2.98. The lowest BCUT2D eigenvalue weighted by Gasteiger charge is -2.10. The van der Waals surface area contributed by atoms with Gasteiger partial charge < -0.3 is 20.2 Å². The molecule has 0 unspecified atom stereocenters. The number of aliphatic hydroxyl groups is 1. The second-order valence-electron chi connectivity index (χ2n) is 4.61. The van der Waals surface area contributed by atoms with E-state index in [1.54, 1.807) is 24.3 Å². The van der Waals surface area contributed by atoms with Crippen LogP contribution in [0.1, 0.15) is 17.2 Å². The molecule has 2 rings (SSSR count). The van der Waals surface area contributed by atoms with E-state index in [2.05, 4.69) is 10.6 Å². The number of amides is 2. The van der Waals surface area contributed by atoms with Crippen LogP contribution >= 0.6 is 0 Å². The summed E-state index contributed by atoms with van der Waals surface area (Å²) in [7, 11) is 0. The van der Waals surface area contributed by atoms with Gasteiger partial charge in [0.05, 0.1) is 18.6 Å². The number of hydrogen-bond acceptors (Lipinski definition) is 4. The maximum Gasteiger partial charge on any atom is 0.313 e. The zero-order valence-electron chi connectivity index (χ0n) is 11.5. The van der Waals surface area contributed by atoms with E-state index in [0.29, 0.717) is 11.3 Å². The number of rotatable bonds is 4. The molecule has 1 atom stereocenters. The summed E-state index contributed by atoms with van der Waals surface area (Å²) in [6.45, 7) is 1.82. The monoisotopic (exact) mass is 288 g/mol. The fraction of sp³-hybridized carbons (Fsp3) is 0.200. The van der Waals surface area contributed by atoms with Crippen LogP contribution in [0.15, 0.2) is 47.3 Å². The highest BCUT2D eigenvalue weighted by molar-refractivity contribution is 6.39. The van der Waals surface area contributed by atoms with Crippen molar-refractivity contribution >= 4 is 17.5 Å². The summed E-state index contributed by atoms with van der Waals surface area (Å²) in [5, 5.41) is 14.6. The second-order valence-corrected chi connectivity index (χ2v) is 4.61. The van der Waals surface area contributed by atoms with E-state index < -0.39 is 17.9 Å². The van der Waals surface area contributed by atoms with Crippen molar-refractivity contribution in [3.05, 3.63) is 54.0 Å². The Morgan fingerprint density at radius 2 is 2.10 bits per heavy atom. The van der Waals surface area contributed by atoms with Gasteiger partial charge in [-0.05, 0) is 30.7 Å². The highest BCUT2D eigenvalue weighted by Crippen LogP contribution is 2.12. The van der Waals surface area contributed by atoms with E-state index in [9.17, 15) is 14.7 Å². The Kier molecular flexibility index (Phi) is 4.73. The number of carbonyl (C=O) groups excluding carboxylic acids is 2. The van der Waals surface area contributed by atoms with E-state index >= 15 is 0 Å². The molecule has 0 bridgehead atoms. The minimum absolute atomic E-state index is 0.0698. The van der Waals surface area contributed by atoms with E-state index in [1.807, 2.05) is 13.0 Å². The van der Waals surface area contributed by atoms with Gasteiger partial charge in [-0.2, -0.15) is 0 Å². The SMILES string of the molecule is Cc1cccc(NC(=O)C(=O)NC[C@@H](O)c2ccoc2)c1. The van der Waals surface area contributed by atoms with Crippen LogP contribution in [0, 0.1) is 6.92 Å². The van der Waals surface area contributed by atoms with E-state index in [-0.39, 0.29) is 6.54 Å². The van der Waals surface area contributed by atoms with E-state index in [0.717, 1.165) is 5.56 Å². The van der Waals surface area contributed by atoms with Crippen LogP contribution in [0.25, 0.3) is 0 Å². The lowest BCUT2D eigenvalue weighted by atomic mass is 10.2. The molecule has 0 spiro atoms. The molecule has 6 nitrogen and oxygen atoms in total. The van der Waals surface area contributed by atoms with Gasteiger partial charge in [0.25, 0.3) is 0 Å². The molecule has 21 heavy (non-hydrogen) atoms. The van der Waals surface area contributed by atoms with Crippen molar-refractivity contribution in [3.63, 3.8) is 0 Å². The zero-order valence-corrected chi connectivity index (χ0v) is 11.5. The number of furan rings is 1. The van der Waals surface area contributed by atoms with Gasteiger partial charge in [-0.15, -0.1) is 0 Å². The standard InChI is InChI=1S/C15H16N2O4/c1-10-3-2-4-12(7-10)17-15(20)14(19)16-8-13(18)11-5-6-21-9-11/h2-7,9,13,18H,8H2,1H3,(H,16,19)(H,17,20)/t13-/m1/s1. The molecule has 1 heterocycles. The van der Waals surface area contributed by atoms with Crippen molar-refractivity contribution in [2.24, 2.45) is 0 Å². The molecule has 0 aliphatic carbocycles. The summed E-state index contributed by atoms with van der Waals surface area (Å²) in [5.41, 5.74) is 2.06. The lowest BCUT2D eigenvalue weighted by molar-refractivity contribution is -0.136. The Morgan fingerprint density at radius 3 is 2.76 bits per heavy atom. The molecule has 110 valence electrons. The number of nitrogens with one attached hydrogen (secondary N) is 2. The third-order valence-corrected chi connectivity index (χ3v) is 2.87. The predicted octanol–water partition coefficient (Wildman–Crippen LogP) is 1.38. The van der Waals surface area contributed by atoms with Crippen molar-refractivity contribution < 1.29 is 19.1 Å². The number of aryl methyl sites for hydroxylation is 1. The Bertz CT molecular complexity index is 622. The minimum atomic E-state index is -0.917. The molecule has 0 aliphatic heterocycles. The number of benzene rings is 1. The smallest absolute Gasteiger partial charge is 0.313 e. The summed E-state index contributed by atoms with van der Waals surface area (Å²) in [5.74, 6) is -1.58. The third kappa shape index (κ3) is 4.19. The Morgan fingerprint density at radius 1 is 1.29 bits per heavy atom. The van der Waals surface area contributed by atoms with Crippen LogP contribution in [0.4, 0.5) is 5.69 Å². The maximum absolute atomic E-state index is 11.7. The van der Waals surface area contributed by atoms with Gasteiger partial charge in [0.15, 0.2) is 0 Å². The summed E-state index contributed by atoms with van der Waals surface area (Å²) in [6, 6.07) is 8.70. The van der Waals surface area contributed by atoms with Crippen LogP contribution in [0.5, 0.6) is 0 Å². The molecular formula is C15H16N2O4. The lowest BCUT2D eigenvalue weighted by Crippen LogP contribution is -2.37. The fourth-order valence-electron chi connectivity index (χ4n) is 1.76. The van der Waals surface area contributed by atoms with Gasteiger partial charge in [-0.25, -0.2) is 0 Å². The molecular weight excluding hydrogens is 272 g/mol. The first-order valence-corrected chi connectivity index (χ1v) is 6.42. The first-order chi connectivity index (χ1) is 10.1. The van der Waals surface area contributed by atoms with Crippen LogP contribution < -0.4 is 10.6 Å². The fourth-order valence-corrected chi connectivity index (χ4v) is 1.76. The molecule has 2 aromatic rings. The maximum atomic E-state index is 11.7. The van der Waals surface area contributed by atoms with E-state index in [1.165, 1.54) is 12.5 Å². The summed E-state index contributed by atoms with van der Waals surface area (Å²) >= 11 is 0. The number of hydrogen-bond donors (Lipinski definition) is 3. The van der Waals surface area contributed by atoms with Gasteiger partial charge in [0.2, 0.25) is 0 Å².